The maximum Gasteiger partial charge on any atom is 0.472 e. The van der Waals surface area contributed by atoms with Gasteiger partial charge in [0.2, 0.25) is 0 Å². The fourth-order valence-corrected chi connectivity index (χ4v) is 8.32. The van der Waals surface area contributed by atoms with Crippen LogP contribution in [-0.4, -0.2) is 100.0 Å². The molecule has 3 aromatic rings. The molecule has 3 saturated heterocycles. The van der Waals surface area contributed by atoms with Crippen LogP contribution in [-0.2, 0) is 55.1 Å². The Bertz CT molecular complexity index is 2470. The van der Waals surface area contributed by atoms with E-state index in [1.54, 1.807) is 0 Å². The summed E-state index contributed by atoms with van der Waals surface area (Å²) in [4.78, 5) is 98.9. The Kier molecular flexibility index (Phi) is 13.0. The molecule has 27 nitrogen and oxygen atoms in total. The largest absolute Gasteiger partial charge is 0.472 e. The molecule has 3 fully saturated rings. The molecule has 3 aromatic heterocycles. The van der Waals surface area contributed by atoms with Crippen LogP contribution in [0.5, 0.6) is 0 Å². The Morgan fingerprint density at radius 1 is 0.632 bits per heavy atom. The van der Waals surface area contributed by atoms with Crippen molar-refractivity contribution < 1.29 is 70.0 Å². The first-order valence-corrected chi connectivity index (χ1v) is 20.6. The summed E-state index contributed by atoms with van der Waals surface area (Å²) in [6.45, 7) is -2.42. The summed E-state index contributed by atoms with van der Waals surface area (Å²) < 4.78 is 93.7. The van der Waals surface area contributed by atoms with Crippen molar-refractivity contribution in [3.05, 3.63) is 99.3 Å². The number of ether oxygens (including phenoxy) is 3. The van der Waals surface area contributed by atoms with Gasteiger partial charge in [-0.1, -0.05) is 0 Å². The number of aliphatic hydroxyl groups is 1. The lowest BCUT2D eigenvalue weighted by Gasteiger charge is -2.24. The normalized spacial score (nSPS) is 29.6. The van der Waals surface area contributed by atoms with E-state index in [2.05, 4.69) is 4.52 Å². The molecule has 57 heavy (non-hydrogen) atoms. The van der Waals surface area contributed by atoms with Gasteiger partial charge in [-0.2, -0.15) is 0 Å². The fraction of sp³-hybridized carbons (Fsp3) is 0.556. The van der Waals surface area contributed by atoms with E-state index >= 15 is 0 Å². The summed E-state index contributed by atoms with van der Waals surface area (Å²) in [5.41, 5.74) is -4.88. The van der Waals surface area contributed by atoms with Gasteiger partial charge in [0.05, 0.1) is 25.9 Å². The monoisotopic (exact) mass is 870 g/mol. The van der Waals surface area contributed by atoms with Crippen LogP contribution < -0.4 is 33.7 Å². The van der Waals surface area contributed by atoms with Crippen molar-refractivity contribution in [2.24, 2.45) is 0 Å². The van der Waals surface area contributed by atoms with E-state index in [9.17, 15) is 61.9 Å². The maximum atomic E-state index is 13.2. The van der Waals surface area contributed by atoms with Crippen molar-refractivity contribution in [1.29, 1.82) is 0 Å². The van der Waals surface area contributed by atoms with Gasteiger partial charge in [-0.05, 0) is 0 Å². The predicted molar refractivity (Wildman–Crippen MR) is 181 cm³/mol. The molecule has 6 rings (SSSR count). The third-order valence-electron chi connectivity index (χ3n) is 8.73. The van der Waals surface area contributed by atoms with Crippen LogP contribution in [0, 0.1) is 0 Å². The second kappa shape index (κ2) is 17.4. The third kappa shape index (κ3) is 10.7. The van der Waals surface area contributed by atoms with Crippen LogP contribution in [0.15, 0.2) is 65.6 Å². The lowest BCUT2D eigenvalue weighted by atomic mass is 10.2. The third-order valence-corrected chi connectivity index (χ3v) is 11.1. The summed E-state index contributed by atoms with van der Waals surface area (Å²) in [5.74, 6) is 0. The zero-order valence-electron chi connectivity index (χ0n) is 28.8. The lowest BCUT2D eigenvalue weighted by Crippen LogP contribution is -2.32. The van der Waals surface area contributed by atoms with Crippen LogP contribution >= 0.6 is 23.6 Å². The first-order valence-electron chi connectivity index (χ1n) is 16.5. The molecular formula is C27H33N6O21P3. The van der Waals surface area contributed by atoms with E-state index in [0.29, 0.717) is 0 Å². The van der Waals surface area contributed by atoms with Crippen LogP contribution in [0.3, 0.4) is 0 Å². The quantitative estimate of drug-likeness (QED) is 0.0845. The van der Waals surface area contributed by atoms with Gasteiger partial charge in [-0.15, -0.1) is 0 Å². The standard InChI is InChI=1S/C27H33N6O21P3/c34-13-7-22(31-4-1-19(35)28-25(31)38)50-16(13)11-48-56(43,44)54-15-9-24(33-6-3-21(37)30-27(33)40)52-18(15)12-49-57(45,46)53-14-8-23(51-17(14)10-47-55(41)42)32-5-2-20(36)29-26(32)39/h1-6,13-18,22-24,34H,7-12H2,(H,43,44)(H,45,46)(H,28,35,38)(H,29,36,39)(H,30,37,40)/t13-,14-,15-,16+,17+,18+,22+,23+,24+/m0/s1. The Hall–Kier alpha value is -4.04. The molecule has 3 aliphatic rings. The molecule has 0 radical (unpaired) electrons. The van der Waals surface area contributed by atoms with Gasteiger partial charge < -0.3 is 29.1 Å². The molecule has 0 spiro atoms. The topological polar surface area (TPSA) is 367 Å². The number of aromatic nitrogens is 6. The lowest BCUT2D eigenvalue weighted by molar-refractivity contribution is -0.0609. The molecular weight excluding hydrogens is 837 g/mol. The SMILES string of the molecule is O=c1ccn([C@H]2C[C@H](OP(=O)(O)OC[C@H]3O[C@@H](n4ccc(=O)[nH]c4=O)C[C@@H]3OP(=O)(O)OC[C@H]3O[C@@H](n4ccc(=O)[nH]c4=O)C[C@@H]3O)[C@@H](COP(=O)=O)O2)c(=O)[nH]1. The predicted octanol–water partition coefficient (Wildman–Crippen LogP) is -2.03. The Morgan fingerprint density at radius 2 is 1.00 bits per heavy atom. The highest BCUT2D eigenvalue weighted by molar-refractivity contribution is 7.47. The fourth-order valence-electron chi connectivity index (χ4n) is 6.14. The molecule has 3 aliphatic heterocycles. The van der Waals surface area contributed by atoms with Gasteiger partial charge in [-0.3, -0.25) is 65.7 Å². The van der Waals surface area contributed by atoms with Gasteiger partial charge >= 0.3 is 40.6 Å². The minimum absolute atomic E-state index is 0.170. The summed E-state index contributed by atoms with van der Waals surface area (Å²) in [7, 11) is -13.8. The van der Waals surface area contributed by atoms with Gasteiger partial charge in [0.15, 0.2) is 0 Å². The van der Waals surface area contributed by atoms with E-state index in [1.165, 1.54) is 0 Å². The van der Waals surface area contributed by atoms with Crippen LogP contribution in [0.1, 0.15) is 37.9 Å². The second-order valence-corrected chi connectivity index (χ2v) is 16.1. The molecule has 312 valence electrons. The molecule has 0 aromatic carbocycles. The number of phosphoric ester groups is 2. The minimum atomic E-state index is -5.21. The Morgan fingerprint density at radius 3 is 1.40 bits per heavy atom. The molecule has 30 heteroatoms. The summed E-state index contributed by atoms with van der Waals surface area (Å²) in [5, 5.41) is 10.5. The highest BCUT2D eigenvalue weighted by Crippen LogP contribution is 2.52. The first kappa shape index (κ1) is 42.6. The first-order chi connectivity index (χ1) is 26.9. The second-order valence-electron chi connectivity index (χ2n) is 12.5. The number of hydrogen-bond acceptors (Lipinski definition) is 19. The van der Waals surface area contributed by atoms with Gasteiger partial charge in [0.25, 0.3) is 16.7 Å². The van der Waals surface area contributed by atoms with E-state index in [4.69, 9.17) is 32.3 Å². The zero-order valence-corrected chi connectivity index (χ0v) is 31.5. The molecule has 0 saturated carbocycles. The number of hydrogen-bond donors (Lipinski definition) is 6. The van der Waals surface area contributed by atoms with E-state index < -0.39 is 139 Å². The van der Waals surface area contributed by atoms with Gasteiger partial charge in [0, 0.05) is 56.1 Å². The van der Waals surface area contributed by atoms with Crippen molar-refractivity contribution in [2.75, 3.05) is 19.8 Å². The molecule has 0 amide bonds. The number of nitrogens with one attached hydrogen (secondary N) is 3. The zero-order chi connectivity index (χ0) is 41.2. The van der Waals surface area contributed by atoms with Crippen molar-refractivity contribution in [3.8, 4) is 0 Å². The molecule has 11 atom stereocenters. The number of nitrogens with zero attached hydrogens (tertiary/aromatic N) is 3. The smallest absolute Gasteiger partial charge is 0.390 e. The average Bonchev–Trinajstić information content (AvgIpc) is 3.81. The Balaban J connectivity index is 1.13. The van der Waals surface area contributed by atoms with Crippen molar-refractivity contribution in [1.82, 2.24) is 28.7 Å². The van der Waals surface area contributed by atoms with E-state index in [0.717, 1.165) is 50.5 Å². The highest BCUT2D eigenvalue weighted by atomic mass is 31.2. The van der Waals surface area contributed by atoms with E-state index in [-0.39, 0.29) is 12.8 Å². The van der Waals surface area contributed by atoms with Crippen LogP contribution in [0.25, 0.3) is 0 Å². The van der Waals surface area contributed by atoms with Crippen LogP contribution in [0.4, 0.5) is 0 Å². The van der Waals surface area contributed by atoms with Gasteiger partial charge in [-0.25, -0.2) is 32.6 Å². The van der Waals surface area contributed by atoms with E-state index in [1.807, 2.05) is 15.0 Å². The number of H-pyrrole nitrogens is 3. The molecule has 6 heterocycles. The molecule has 0 bridgehead atoms. The molecule has 0 aliphatic carbocycles. The number of aromatic amines is 3. The maximum absolute atomic E-state index is 13.2. The van der Waals surface area contributed by atoms with Crippen LogP contribution in [0.2, 0.25) is 0 Å². The van der Waals surface area contributed by atoms with Crippen molar-refractivity contribution >= 4 is 23.6 Å². The molecule has 6 N–H and O–H groups in total. The average molecular weight is 871 g/mol. The summed E-state index contributed by atoms with van der Waals surface area (Å²) in [6, 6.07) is 3.01. The Labute approximate surface area is 315 Å². The number of aliphatic hydroxyl groups excluding tert-OH is 1. The minimum Gasteiger partial charge on any atom is -0.390 e. The number of rotatable bonds is 16. The highest BCUT2D eigenvalue weighted by Gasteiger charge is 2.46. The van der Waals surface area contributed by atoms with Gasteiger partial charge in [0.1, 0.15) is 49.2 Å². The summed E-state index contributed by atoms with van der Waals surface area (Å²) >= 11 is 0. The summed E-state index contributed by atoms with van der Waals surface area (Å²) in [6.07, 6.45) is -9.86. The number of phosphoric acid groups is 2. The molecule has 2 unspecified atom stereocenters. The van der Waals surface area contributed by atoms with Crippen molar-refractivity contribution in [3.63, 3.8) is 0 Å². The van der Waals surface area contributed by atoms with Crippen molar-refractivity contribution in [2.45, 2.75) is 74.6 Å².